The van der Waals surface area contributed by atoms with Crippen molar-refractivity contribution in [1.82, 2.24) is 15.2 Å². The van der Waals surface area contributed by atoms with Crippen LogP contribution in [0.25, 0.3) is 0 Å². The Morgan fingerprint density at radius 3 is 2.81 bits per heavy atom. The molecule has 1 unspecified atom stereocenters. The van der Waals surface area contributed by atoms with Crippen molar-refractivity contribution >= 4 is 17.2 Å². The van der Waals surface area contributed by atoms with Gasteiger partial charge in [-0.25, -0.2) is 4.98 Å². The van der Waals surface area contributed by atoms with Crippen LogP contribution >= 0.6 is 11.3 Å². The summed E-state index contributed by atoms with van der Waals surface area (Å²) >= 11 is 1.71. The SMILES string of the molecule is CCC(NCc1cnc(C)s1)c1ccccc1OCC(=O)N1CCCC1. The number of thiazole rings is 1. The Hall–Kier alpha value is -1.92. The smallest absolute Gasteiger partial charge is 0.260 e. The van der Waals surface area contributed by atoms with Gasteiger partial charge < -0.3 is 15.0 Å². The van der Waals surface area contributed by atoms with Crippen LogP contribution in [0.3, 0.4) is 0 Å². The summed E-state index contributed by atoms with van der Waals surface area (Å²) in [6, 6.07) is 8.18. The van der Waals surface area contributed by atoms with E-state index in [4.69, 9.17) is 4.74 Å². The number of likely N-dealkylation sites (tertiary alicyclic amines) is 1. The molecule has 0 spiro atoms. The number of hydrogen-bond donors (Lipinski definition) is 1. The number of nitrogens with zero attached hydrogens (tertiary/aromatic N) is 2. The van der Waals surface area contributed by atoms with Crippen molar-refractivity contribution in [2.75, 3.05) is 19.7 Å². The van der Waals surface area contributed by atoms with Crippen LogP contribution in [0, 0.1) is 6.92 Å². The molecule has 0 bridgehead atoms. The molecule has 2 aromatic rings. The normalized spacial score (nSPS) is 15.2. The van der Waals surface area contributed by atoms with Crippen LogP contribution in [0.4, 0.5) is 0 Å². The highest BCUT2D eigenvalue weighted by atomic mass is 32.1. The second-order valence-electron chi connectivity index (χ2n) is 6.60. The van der Waals surface area contributed by atoms with E-state index in [1.54, 1.807) is 11.3 Å². The Morgan fingerprint density at radius 1 is 1.35 bits per heavy atom. The minimum absolute atomic E-state index is 0.0819. The molecule has 140 valence electrons. The van der Waals surface area contributed by atoms with E-state index in [1.807, 2.05) is 36.2 Å². The Bertz CT molecular complexity index is 725. The monoisotopic (exact) mass is 373 g/mol. The number of aryl methyl sites for hydroxylation is 1. The van der Waals surface area contributed by atoms with E-state index in [9.17, 15) is 4.79 Å². The van der Waals surface area contributed by atoms with Crippen LogP contribution in [0.5, 0.6) is 5.75 Å². The van der Waals surface area contributed by atoms with E-state index in [-0.39, 0.29) is 18.6 Å². The van der Waals surface area contributed by atoms with Crippen LogP contribution in [0.2, 0.25) is 0 Å². The second-order valence-corrected chi connectivity index (χ2v) is 7.92. The van der Waals surface area contributed by atoms with E-state index >= 15 is 0 Å². The van der Waals surface area contributed by atoms with Gasteiger partial charge >= 0.3 is 0 Å². The lowest BCUT2D eigenvalue weighted by molar-refractivity contribution is -0.132. The molecule has 6 heteroatoms. The van der Waals surface area contributed by atoms with Crippen molar-refractivity contribution < 1.29 is 9.53 Å². The van der Waals surface area contributed by atoms with E-state index in [0.717, 1.165) is 55.2 Å². The molecule has 0 saturated carbocycles. The number of ether oxygens (including phenoxy) is 1. The van der Waals surface area contributed by atoms with Gasteiger partial charge in [-0.05, 0) is 32.3 Å². The topological polar surface area (TPSA) is 54.5 Å². The molecule has 26 heavy (non-hydrogen) atoms. The summed E-state index contributed by atoms with van der Waals surface area (Å²) in [4.78, 5) is 19.7. The average molecular weight is 374 g/mol. The third-order valence-corrected chi connectivity index (χ3v) is 5.62. The molecular weight excluding hydrogens is 346 g/mol. The number of nitrogens with one attached hydrogen (secondary N) is 1. The summed E-state index contributed by atoms with van der Waals surface area (Å²) in [5, 5.41) is 4.68. The summed E-state index contributed by atoms with van der Waals surface area (Å²) in [7, 11) is 0. The van der Waals surface area contributed by atoms with Gasteiger partial charge in [-0.1, -0.05) is 25.1 Å². The first kappa shape index (κ1) is 18.9. The van der Waals surface area contributed by atoms with Gasteiger partial charge in [0.25, 0.3) is 5.91 Å². The number of amides is 1. The second kappa shape index (κ2) is 9.14. The molecule has 1 aromatic heterocycles. The number of carbonyl (C=O) groups excluding carboxylic acids is 1. The molecule has 2 heterocycles. The third kappa shape index (κ3) is 4.83. The van der Waals surface area contributed by atoms with Crippen LogP contribution < -0.4 is 10.1 Å². The average Bonchev–Trinajstić information content (AvgIpc) is 3.33. The molecular formula is C20H27N3O2S. The van der Waals surface area contributed by atoms with Gasteiger partial charge in [-0.3, -0.25) is 4.79 Å². The van der Waals surface area contributed by atoms with E-state index in [2.05, 4.69) is 23.3 Å². The Morgan fingerprint density at radius 2 is 2.12 bits per heavy atom. The molecule has 0 aliphatic carbocycles. The fourth-order valence-corrected chi connectivity index (χ4v) is 4.03. The minimum atomic E-state index is 0.0819. The minimum Gasteiger partial charge on any atom is -0.483 e. The molecule has 1 aliphatic heterocycles. The third-order valence-electron chi connectivity index (χ3n) is 4.70. The van der Waals surface area contributed by atoms with Crippen molar-refractivity contribution in [1.29, 1.82) is 0 Å². The van der Waals surface area contributed by atoms with Crippen LogP contribution in [0.15, 0.2) is 30.5 Å². The van der Waals surface area contributed by atoms with Crippen molar-refractivity contribution in [3.05, 3.63) is 45.9 Å². The Balaban J connectivity index is 1.62. The molecule has 1 atom stereocenters. The molecule has 1 aromatic carbocycles. The zero-order valence-electron chi connectivity index (χ0n) is 15.5. The quantitative estimate of drug-likeness (QED) is 0.767. The highest BCUT2D eigenvalue weighted by Gasteiger charge is 2.20. The van der Waals surface area contributed by atoms with Gasteiger partial charge in [0.2, 0.25) is 0 Å². The number of para-hydroxylation sites is 1. The number of carbonyl (C=O) groups is 1. The van der Waals surface area contributed by atoms with Crippen molar-refractivity contribution in [2.24, 2.45) is 0 Å². The predicted octanol–water partition coefficient (Wildman–Crippen LogP) is 3.69. The largest absolute Gasteiger partial charge is 0.483 e. The van der Waals surface area contributed by atoms with Gasteiger partial charge in [-0.15, -0.1) is 11.3 Å². The van der Waals surface area contributed by atoms with Gasteiger partial charge in [0.15, 0.2) is 6.61 Å². The lowest BCUT2D eigenvalue weighted by Gasteiger charge is -2.21. The van der Waals surface area contributed by atoms with Crippen molar-refractivity contribution in [3.63, 3.8) is 0 Å². The number of benzene rings is 1. The molecule has 1 aliphatic rings. The highest BCUT2D eigenvalue weighted by molar-refractivity contribution is 7.11. The van der Waals surface area contributed by atoms with Crippen LogP contribution in [-0.4, -0.2) is 35.5 Å². The van der Waals surface area contributed by atoms with Gasteiger partial charge in [0.05, 0.1) is 5.01 Å². The van der Waals surface area contributed by atoms with Gasteiger partial charge in [0, 0.05) is 42.3 Å². The maximum atomic E-state index is 12.3. The zero-order valence-corrected chi connectivity index (χ0v) is 16.3. The lowest BCUT2D eigenvalue weighted by Crippen LogP contribution is -2.32. The Labute approximate surface area is 159 Å². The number of hydrogen-bond acceptors (Lipinski definition) is 5. The van der Waals surface area contributed by atoms with Crippen molar-refractivity contribution in [3.8, 4) is 5.75 Å². The summed E-state index contributed by atoms with van der Waals surface area (Å²) < 4.78 is 5.91. The molecule has 1 fully saturated rings. The summed E-state index contributed by atoms with van der Waals surface area (Å²) in [6.07, 6.45) is 5.07. The van der Waals surface area contributed by atoms with E-state index in [0.29, 0.717) is 0 Å². The van der Waals surface area contributed by atoms with E-state index in [1.165, 1.54) is 4.88 Å². The van der Waals surface area contributed by atoms with E-state index < -0.39 is 0 Å². The first-order valence-electron chi connectivity index (χ1n) is 9.31. The van der Waals surface area contributed by atoms with Gasteiger partial charge in [-0.2, -0.15) is 0 Å². The highest BCUT2D eigenvalue weighted by Crippen LogP contribution is 2.28. The molecule has 5 nitrogen and oxygen atoms in total. The maximum Gasteiger partial charge on any atom is 0.260 e. The molecule has 3 rings (SSSR count). The molecule has 1 saturated heterocycles. The lowest BCUT2D eigenvalue weighted by atomic mass is 10.0. The first-order chi connectivity index (χ1) is 12.7. The molecule has 1 amide bonds. The zero-order chi connectivity index (χ0) is 18.4. The first-order valence-corrected chi connectivity index (χ1v) is 10.1. The van der Waals surface area contributed by atoms with Gasteiger partial charge in [0.1, 0.15) is 5.75 Å². The maximum absolute atomic E-state index is 12.3. The Kier molecular flexibility index (Phi) is 6.63. The predicted molar refractivity (Wildman–Crippen MR) is 104 cm³/mol. The molecule has 1 N–H and O–H groups in total. The summed E-state index contributed by atoms with van der Waals surface area (Å²) in [6.45, 7) is 6.79. The number of rotatable bonds is 8. The fourth-order valence-electron chi connectivity index (χ4n) is 3.28. The molecule has 0 radical (unpaired) electrons. The van der Waals surface area contributed by atoms with Crippen molar-refractivity contribution in [2.45, 2.75) is 45.7 Å². The van der Waals surface area contributed by atoms with Crippen LogP contribution in [-0.2, 0) is 11.3 Å². The standard InChI is InChI=1S/C20H27N3O2S/c1-3-18(22-13-16-12-21-15(2)26-16)17-8-4-5-9-19(17)25-14-20(24)23-10-6-7-11-23/h4-5,8-9,12,18,22H,3,6-7,10-11,13-14H2,1-2H3. The summed E-state index contributed by atoms with van der Waals surface area (Å²) in [5.41, 5.74) is 1.10. The van der Waals surface area contributed by atoms with Crippen LogP contribution in [0.1, 0.15) is 47.7 Å². The number of aromatic nitrogens is 1. The fraction of sp³-hybridized carbons (Fsp3) is 0.500. The summed E-state index contributed by atoms with van der Waals surface area (Å²) in [5.74, 6) is 0.873.